The molecule has 0 heterocycles. The summed E-state index contributed by atoms with van der Waals surface area (Å²) in [5, 5.41) is 8.83. The number of aryl methyl sites for hydroxylation is 1. The van der Waals surface area contributed by atoms with E-state index in [1.54, 1.807) is 0 Å². The second kappa shape index (κ2) is 5.03. The molecule has 0 saturated heterocycles. The summed E-state index contributed by atoms with van der Waals surface area (Å²) in [6.07, 6.45) is 1.87. The van der Waals surface area contributed by atoms with Crippen LogP contribution < -0.4 is 0 Å². The first-order chi connectivity index (χ1) is 7.76. The Morgan fingerprint density at radius 3 is 2.53 bits per heavy atom. The van der Waals surface area contributed by atoms with Crippen molar-refractivity contribution in [2.75, 3.05) is 0 Å². The van der Waals surface area contributed by atoms with Gasteiger partial charge in [0.1, 0.15) is 0 Å². The van der Waals surface area contributed by atoms with Crippen LogP contribution in [-0.4, -0.2) is 13.1 Å². The standard InChI is InChI=1S/C14H21NOSi/c1-14(2,17(3,4)16)9-8-12-6-5-7-13(10-12)11-15/h5-7,10,16H,8-9H2,1-4H3. The highest BCUT2D eigenvalue weighted by molar-refractivity contribution is 6.72. The number of benzene rings is 1. The van der Waals surface area contributed by atoms with Crippen LogP contribution in [0.4, 0.5) is 0 Å². The predicted molar refractivity (Wildman–Crippen MR) is 73.2 cm³/mol. The molecular formula is C14H21NOSi. The van der Waals surface area contributed by atoms with E-state index < -0.39 is 8.32 Å². The third-order valence-corrected chi connectivity index (χ3v) is 7.31. The molecule has 1 N–H and O–H groups in total. The van der Waals surface area contributed by atoms with Crippen LogP contribution in [0.25, 0.3) is 0 Å². The van der Waals surface area contributed by atoms with Crippen molar-refractivity contribution in [1.29, 1.82) is 5.26 Å². The van der Waals surface area contributed by atoms with Gasteiger partial charge in [0, 0.05) is 0 Å². The highest BCUT2D eigenvalue weighted by atomic mass is 28.4. The molecule has 2 nitrogen and oxygen atoms in total. The fourth-order valence-electron chi connectivity index (χ4n) is 1.56. The first-order valence-electron chi connectivity index (χ1n) is 5.98. The lowest BCUT2D eigenvalue weighted by Gasteiger charge is -2.35. The molecule has 0 aromatic heterocycles. The molecule has 3 heteroatoms. The van der Waals surface area contributed by atoms with E-state index >= 15 is 0 Å². The van der Waals surface area contributed by atoms with Crippen molar-refractivity contribution in [3.05, 3.63) is 35.4 Å². The lowest BCUT2D eigenvalue weighted by Crippen LogP contribution is -2.39. The van der Waals surface area contributed by atoms with Gasteiger partial charge in [-0.15, -0.1) is 0 Å². The van der Waals surface area contributed by atoms with Crippen molar-refractivity contribution < 1.29 is 4.80 Å². The molecule has 1 aromatic rings. The summed E-state index contributed by atoms with van der Waals surface area (Å²) in [5.74, 6) is 0. The highest BCUT2D eigenvalue weighted by Crippen LogP contribution is 2.39. The van der Waals surface area contributed by atoms with Crippen LogP contribution in [0.1, 0.15) is 31.4 Å². The van der Waals surface area contributed by atoms with Gasteiger partial charge in [-0.05, 0) is 48.7 Å². The van der Waals surface area contributed by atoms with Crippen LogP contribution in [0.3, 0.4) is 0 Å². The zero-order chi connectivity index (χ0) is 13.1. The summed E-state index contributed by atoms with van der Waals surface area (Å²) in [7, 11) is -2.13. The van der Waals surface area contributed by atoms with Gasteiger partial charge < -0.3 is 4.80 Å². The SMILES string of the molecule is CC(C)(CCc1cccc(C#N)c1)[Si](C)(C)O. The van der Waals surface area contributed by atoms with Crippen molar-refractivity contribution in [3.63, 3.8) is 0 Å². The summed E-state index contributed by atoms with van der Waals surface area (Å²) in [4.78, 5) is 10.2. The molecule has 0 unspecified atom stereocenters. The summed E-state index contributed by atoms with van der Waals surface area (Å²) < 4.78 is 0. The monoisotopic (exact) mass is 247 g/mol. The van der Waals surface area contributed by atoms with E-state index in [2.05, 4.69) is 19.9 Å². The molecule has 17 heavy (non-hydrogen) atoms. The maximum Gasteiger partial charge on any atom is 0.188 e. The highest BCUT2D eigenvalue weighted by Gasteiger charge is 2.37. The summed E-state index contributed by atoms with van der Waals surface area (Å²) in [5.41, 5.74) is 1.89. The van der Waals surface area contributed by atoms with Gasteiger partial charge in [0.05, 0.1) is 11.6 Å². The predicted octanol–water partition coefficient (Wildman–Crippen LogP) is 3.47. The molecule has 0 fully saturated rings. The minimum absolute atomic E-state index is 0.00432. The second-order valence-corrected chi connectivity index (χ2v) is 10.2. The van der Waals surface area contributed by atoms with E-state index in [0.717, 1.165) is 12.8 Å². The normalized spacial score (nSPS) is 12.2. The molecule has 0 spiro atoms. The molecule has 0 aliphatic rings. The van der Waals surface area contributed by atoms with Gasteiger partial charge in [0.15, 0.2) is 8.32 Å². The largest absolute Gasteiger partial charge is 0.432 e. The van der Waals surface area contributed by atoms with Crippen molar-refractivity contribution in [2.45, 2.75) is 44.8 Å². The second-order valence-electron chi connectivity index (χ2n) is 5.76. The molecule has 1 aromatic carbocycles. The van der Waals surface area contributed by atoms with E-state index in [-0.39, 0.29) is 5.04 Å². The average molecular weight is 247 g/mol. The molecular weight excluding hydrogens is 226 g/mol. The number of hydrogen-bond donors (Lipinski definition) is 1. The van der Waals surface area contributed by atoms with E-state index in [9.17, 15) is 4.80 Å². The van der Waals surface area contributed by atoms with Gasteiger partial charge in [-0.3, -0.25) is 0 Å². The van der Waals surface area contributed by atoms with Crippen molar-refractivity contribution >= 4 is 8.32 Å². The first-order valence-corrected chi connectivity index (χ1v) is 8.92. The smallest absolute Gasteiger partial charge is 0.188 e. The number of rotatable bonds is 4. The average Bonchev–Trinajstić information content (AvgIpc) is 2.25. The molecule has 0 amide bonds. The van der Waals surface area contributed by atoms with Crippen LogP contribution in [0.5, 0.6) is 0 Å². The van der Waals surface area contributed by atoms with Gasteiger partial charge in [-0.1, -0.05) is 26.0 Å². The van der Waals surface area contributed by atoms with Gasteiger partial charge >= 0.3 is 0 Å². The fourth-order valence-corrected chi connectivity index (χ4v) is 2.30. The molecule has 0 aliphatic carbocycles. The molecule has 0 radical (unpaired) electrons. The Morgan fingerprint density at radius 1 is 1.35 bits per heavy atom. The maximum atomic E-state index is 10.2. The lowest BCUT2D eigenvalue weighted by molar-refractivity contribution is 0.451. The number of nitriles is 1. The Balaban J connectivity index is 2.71. The Bertz CT molecular complexity index is 427. The zero-order valence-electron chi connectivity index (χ0n) is 11.1. The van der Waals surface area contributed by atoms with Crippen molar-refractivity contribution in [2.24, 2.45) is 0 Å². The van der Waals surface area contributed by atoms with E-state index in [0.29, 0.717) is 5.56 Å². The van der Waals surface area contributed by atoms with Crippen LogP contribution in [0.15, 0.2) is 24.3 Å². The molecule has 0 aliphatic heterocycles. The van der Waals surface area contributed by atoms with Crippen LogP contribution in [0.2, 0.25) is 18.1 Å². The Labute approximate surface area is 105 Å². The quantitative estimate of drug-likeness (QED) is 0.828. The summed E-state index contributed by atoms with van der Waals surface area (Å²) in [6.45, 7) is 8.23. The lowest BCUT2D eigenvalue weighted by atomic mass is 10.0. The Hall–Kier alpha value is -1.11. The molecule has 1 rings (SSSR count). The fraction of sp³-hybridized carbons (Fsp3) is 0.500. The molecule has 92 valence electrons. The summed E-state index contributed by atoms with van der Waals surface area (Å²) >= 11 is 0. The van der Waals surface area contributed by atoms with Gasteiger partial charge in [0.2, 0.25) is 0 Å². The van der Waals surface area contributed by atoms with Gasteiger partial charge in [-0.25, -0.2) is 0 Å². The van der Waals surface area contributed by atoms with Gasteiger partial charge in [0.25, 0.3) is 0 Å². The third kappa shape index (κ3) is 3.69. The first kappa shape index (κ1) is 13.9. The van der Waals surface area contributed by atoms with Gasteiger partial charge in [-0.2, -0.15) is 5.26 Å². The van der Waals surface area contributed by atoms with Crippen LogP contribution in [-0.2, 0) is 6.42 Å². The molecule has 0 bridgehead atoms. The zero-order valence-corrected chi connectivity index (χ0v) is 12.1. The topological polar surface area (TPSA) is 44.0 Å². The molecule has 0 atom stereocenters. The Morgan fingerprint density at radius 2 is 2.00 bits per heavy atom. The van der Waals surface area contributed by atoms with E-state index in [1.807, 2.05) is 37.4 Å². The maximum absolute atomic E-state index is 10.2. The molecule has 0 saturated carbocycles. The van der Waals surface area contributed by atoms with Crippen LogP contribution in [0, 0.1) is 11.3 Å². The number of hydrogen-bond acceptors (Lipinski definition) is 2. The Kier molecular flexibility index (Phi) is 4.13. The minimum atomic E-state index is -2.13. The summed E-state index contributed by atoms with van der Waals surface area (Å²) in [6, 6.07) is 9.87. The van der Waals surface area contributed by atoms with E-state index in [4.69, 9.17) is 5.26 Å². The van der Waals surface area contributed by atoms with Crippen molar-refractivity contribution in [3.8, 4) is 6.07 Å². The van der Waals surface area contributed by atoms with Crippen LogP contribution >= 0.6 is 0 Å². The number of nitrogens with zero attached hydrogens (tertiary/aromatic N) is 1. The third-order valence-electron chi connectivity index (χ3n) is 3.75. The van der Waals surface area contributed by atoms with E-state index in [1.165, 1.54) is 5.56 Å². The minimum Gasteiger partial charge on any atom is -0.432 e. The van der Waals surface area contributed by atoms with Crippen molar-refractivity contribution in [1.82, 2.24) is 0 Å².